The molecule has 2 heterocycles. The molecule has 0 N–H and O–H groups in total. The summed E-state index contributed by atoms with van der Waals surface area (Å²) >= 11 is 0. The number of hydrogen-bond donors (Lipinski definition) is 0. The van der Waals surface area contributed by atoms with Gasteiger partial charge in [0.1, 0.15) is 0 Å². The number of carbonyl (C=O) groups excluding carboxylic acids is 1. The zero-order valence-corrected chi connectivity index (χ0v) is 13.9. The van der Waals surface area contributed by atoms with Crippen molar-refractivity contribution in [2.75, 3.05) is 12.8 Å². The van der Waals surface area contributed by atoms with Crippen LogP contribution in [0.5, 0.6) is 0 Å². The summed E-state index contributed by atoms with van der Waals surface area (Å²) < 4.78 is 1.77. The molecule has 1 atom stereocenters. The van der Waals surface area contributed by atoms with Crippen LogP contribution in [0, 0.1) is 0 Å². The van der Waals surface area contributed by atoms with E-state index in [2.05, 4.69) is 5.10 Å². The Hall–Kier alpha value is -0.620. The van der Waals surface area contributed by atoms with E-state index in [1.54, 1.807) is 9.58 Å². The molecular formula is C14H23N3OS2. The quantitative estimate of drug-likeness (QED) is 0.573. The van der Waals surface area contributed by atoms with E-state index < -0.39 is 0 Å². The molecule has 2 rings (SSSR count). The molecule has 112 valence electrons. The Kier molecular flexibility index (Phi) is 6.29. The summed E-state index contributed by atoms with van der Waals surface area (Å²) in [7, 11) is 7.78. The highest BCUT2D eigenvalue weighted by atomic mass is 33.1. The Morgan fingerprint density at radius 3 is 3.05 bits per heavy atom. The van der Waals surface area contributed by atoms with Crippen LogP contribution in [0.3, 0.4) is 0 Å². The lowest BCUT2D eigenvalue weighted by atomic mass is 10.1. The van der Waals surface area contributed by atoms with Crippen LogP contribution >= 0.6 is 21.6 Å². The first-order chi connectivity index (χ1) is 9.65. The van der Waals surface area contributed by atoms with Crippen molar-refractivity contribution in [1.29, 1.82) is 0 Å². The second kappa shape index (κ2) is 7.98. The molecule has 0 spiro atoms. The molecule has 1 fully saturated rings. The van der Waals surface area contributed by atoms with Crippen LogP contribution in [-0.2, 0) is 18.4 Å². The zero-order valence-electron chi connectivity index (χ0n) is 12.2. The maximum Gasteiger partial charge on any atom is 0.222 e. The number of rotatable bonds is 7. The van der Waals surface area contributed by atoms with E-state index in [1.807, 2.05) is 48.1 Å². The Morgan fingerprint density at radius 2 is 2.40 bits per heavy atom. The third-order valence-electron chi connectivity index (χ3n) is 3.50. The Bertz CT molecular complexity index is 430. The largest absolute Gasteiger partial charge is 0.341 e. The molecule has 0 saturated carbocycles. The van der Waals surface area contributed by atoms with Crippen molar-refractivity contribution in [3.63, 3.8) is 0 Å². The van der Waals surface area contributed by atoms with E-state index in [4.69, 9.17) is 0 Å². The molecule has 1 aromatic rings. The van der Waals surface area contributed by atoms with Gasteiger partial charge < -0.3 is 4.90 Å². The lowest BCUT2D eigenvalue weighted by Crippen LogP contribution is -2.25. The molecule has 1 saturated heterocycles. The highest BCUT2D eigenvalue weighted by Crippen LogP contribution is 2.39. The Labute approximate surface area is 129 Å². The van der Waals surface area contributed by atoms with Crippen LogP contribution in [0.15, 0.2) is 12.4 Å². The van der Waals surface area contributed by atoms with Crippen molar-refractivity contribution >= 4 is 27.5 Å². The minimum Gasteiger partial charge on any atom is -0.341 e. The van der Waals surface area contributed by atoms with Crippen LogP contribution in [0.1, 0.15) is 37.7 Å². The summed E-state index contributed by atoms with van der Waals surface area (Å²) in [5.74, 6) is 1.53. The molecule has 0 aliphatic carbocycles. The van der Waals surface area contributed by atoms with Gasteiger partial charge in [0.05, 0.1) is 6.20 Å². The van der Waals surface area contributed by atoms with Gasteiger partial charge in [-0.15, -0.1) is 0 Å². The first-order valence-electron chi connectivity index (χ1n) is 7.15. The highest BCUT2D eigenvalue weighted by molar-refractivity contribution is 8.77. The van der Waals surface area contributed by atoms with Gasteiger partial charge in [0.2, 0.25) is 5.91 Å². The third-order valence-corrected chi connectivity index (χ3v) is 6.50. The molecule has 4 nitrogen and oxygen atoms in total. The van der Waals surface area contributed by atoms with Gasteiger partial charge in [-0.1, -0.05) is 28.0 Å². The van der Waals surface area contributed by atoms with Crippen LogP contribution < -0.4 is 0 Å². The summed E-state index contributed by atoms with van der Waals surface area (Å²) in [6.07, 6.45) is 9.23. The van der Waals surface area contributed by atoms with Crippen LogP contribution in [0.2, 0.25) is 0 Å². The smallest absolute Gasteiger partial charge is 0.222 e. The first kappa shape index (κ1) is 15.8. The van der Waals surface area contributed by atoms with Crippen molar-refractivity contribution in [2.24, 2.45) is 7.05 Å². The summed E-state index contributed by atoms with van der Waals surface area (Å²) in [5, 5.41) is 4.95. The van der Waals surface area contributed by atoms with Gasteiger partial charge in [-0.2, -0.15) is 5.10 Å². The molecule has 0 aromatic carbocycles. The number of amides is 1. The fourth-order valence-electron chi connectivity index (χ4n) is 2.32. The fourth-order valence-corrected chi connectivity index (χ4v) is 5.35. The van der Waals surface area contributed by atoms with Crippen molar-refractivity contribution in [1.82, 2.24) is 14.7 Å². The Morgan fingerprint density at radius 1 is 1.55 bits per heavy atom. The predicted molar refractivity (Wildman–Crippen MR) is 86.6 cm³/mol. The van der Waals surface area contributed by atoms with E-state index in [9.17, 15) is 4.79 Å². The van der Waals surface area contributed by atoms with Crippen LogP contribution in [0.4, 0.5) is 0 Å². The molecule has 0 bridgehead atoms. The standard InChI is InChI=1S/C14H23N3OS2/c1-16(10-12-9-15-17(2)11-12)14(18)6-4-3-5-13-7-8-19-20-13/h9,11,13H,3-8,10H2,1-2H3. The summed E-state index contributed by atoms with van der Waals surface area (Å²) in [6.45, 7) is 0.655. The number of aromatic nitrogens is 2. The molecule has 1 aliphatic heterocycles. The average Bonchev–Trinajstić information content (AvgIpc) is 3.06. The van der Waals surface area contributed by atoms with Gasteiger partial charge in [-0.05, 0) is 19.3 Å². The van der Waals surface area contributed by atoms with E-state index in [1.165, 1.54) is 25.0 Å². The molecular weight excluding hydrogens is 290 g/mol. The lowest BCUT2D eigenvalue weighted by molar-refractivity contribution is -0.130. The van der Waals surface area contributed by atoms with Gasteiger partial charge in [0.25, 0.3) is 0 Å². The molecule has 20 heavy (non-hydrogen) atoms. The number of carbonyl (C=O) groups is 1. The summed E-state index contributed by atoms with van der Waals surface area (Å²) in [6, 6.07) is 0. The second-order valence-corrected chi connectivity index (χ2v) is 8.13. The molecule has 1 aromatic heterocycles. The Balaban J connectivity index is 1.61. The number of aryl methyl sites for hydroxylation is 1. The molecule has 0 radical (unpaired) electrons. The van der Waals surface area contributed by atoms with Crippen molar-refractivity contribution < 1.29 is 4.79 Å². The summed E-state index contributed by atoms with van der Waals surface area (Å²) in [5.41, 5.74) is 1.09. The molecule has 6 heteroatoms. The minimum absolute atomic E-state index is 0.238. The maximum atomic E-state index is 12.0. The number of hydrogen-bond acceptors (Lipinski definition) is 4. The first-order valence-corrected chi connectivity index (χ1v) is 9.53. The third kappa shape index (κ3) is 5.05. The van der Waals surface area contributed by atoms with Crippen molar-refractivity contribution in [3.05, 3.63) is 18.0 Å². The van der Waals surface area contributed by atoms with Gasteiger partial charge in [-0.25, -0.2) is 0 Å². The molecule has 1 amide bonds. The minimum atomic E-state index is 0.238. The predicted octanol–water partition coefficient (Wildman–Crippen LogP) is 3.09. The number of nitrogens with zero attached hydrogens (tertiary/aromatic N) is 3. The SMILES string of the molecule is CN(Cc1cnn(C)c1)C(=O)CCCCC1CCSS1. The van der Waals surface area contributed by atoms with Gasteiger partial charge in [0, 0.05) is 49.8 Å². The maximum absolute atomic E-state index is 12.0. The normalized spacial score (nSPS) is 18.4. The topological polar surface area (TPSA) is 38.1 Å². The van der Waals surface area contributed by atoms with E-state index in [0.29, 0.717) is 13.0 Å². The zero-order chi connectivity index (χ0) is 14.4. The van der Waals surface area contributed by atoms with E-state index in [0.717, 1.165) is 17.2 Å². The number of unbranched alkanes of at least 4 members (excludes halogenated alkanes) is 1. The lowest BCUT2D eigenvalue weighted by Gasteiger charge is -2.16. The van der Waals surface area contributed by atoms with E-state index in [-0.39, 0.29) is 5.91 Å². The molecule has 1 aliphatic rings. The highest BCUT2D eigenvalue weighted by Gasteiger charge is 2.16. The molecule has 1 unspecified atom stereocenters. The average molecular weight is 313 g/mol. The van der Waals surface area contributed by atoms with Gasteiger partial charge >= 0.3 is 0 Å². The van der Waals surface area contributed by atoms with Crippen LogP contribution in [-0.4, -0.2) is 38.6 Å². The monoisotopic (exact) mass is 313 g/mol. The van der Waals surface area contributed by atoms with E-state index >= 15 is 0 Å². The van der Waals surface area contributed by atoms with Crippen molar-refractivity contribution in [3.8, 4) is 0 Å². The summed E-state index contributed by atoms with van der Waals surface area (Å²) in [4.78, 5) is 13.8. The van der Waals surface area contributed by atoms with Gasteiger partial charge in [-0.3, -0.25) is 9.48 Å². The second-order valence-electron chi connectivity index (χ2n) is 5.35. The van der Waals surface area contributed by atoms with Crippen molar-refractivity contribution in [2.45, 2.75) is 43.9 Å². The van der Waals surface area contributed by atoms with Crippen LogP contribution in [0.25, 0.3) is 0 Å². The van der Waals surface area contributed by atoms with Gasteiger partial charge in [0.15, 0.2) is 0 Å². The fraction of sp³-hybridized carbons (Fsp3) is 0.714.